The van der Waals surface area contributed by atoms with E-state index in [0.29, 0.717) is 32.8 Å². The minimum atomic E-state index is -0.156. The van der Waals surface area contributed by atoms with Gasteiger partial charge in [-0.15, -0.1) is 0 Å². The van der Waals surface area contributed by atoms with E-state index < -0.39 is 0 Å². The molecule has 14 heavy (non-hydrogen) atoms. The zero-order valence-corrected chi connectivity index (χ0v) is 8.06. The molecule has 0 amide bonds. The van der Waals surface area contributed by atoms with Crippen molar-refractivity contribution in [3.63, 3.8) is 0 Å². The Hall–Kier alpha value is -1.00. The van der Waals surface area contributed by atoms with Crippen LogP contribution in [-0.4, -0.2) is 30.2 Å². The van der Waals surface area contributed by atoms with Crippen LogP contribution in [0.25, 0.3) is 0 Å². The smallest absolute Gasteiger partial charge is 0.146 e. The van der Waals surface area contributed by atoms with Crippen LogP contribution in [0.15, 0.2) is 24.7 Å². The Morgan fingerprint density at radius 3 is 1.93 bits per heavy atom. The van der Waals surface area contributed by atoms with Crippen molar-refractivity contribution in [3.05, 3.63) is 24.7 Å². The van der Waals surface area contributed by atoms with Crippen molar-refractivity contribution >= 4 is 0 Å². The molecule has 0 aromatic rings. The van der Waals surface area contributed by atoms with Crippen molar-refractivity contribution in [2.45, 2.75) is 12.8 Å². The number of aliphatic hydroxyl groups is 2. The second kappa shape index (κ2) is 5.67. The van der Waals surface area contributed by atoms with Gasteiger partial charge in [-0.1, -0.05) is 0 Å². The lowest BCUT2D eigenvalue weighted by atomic mass is 9.82. The zero-order valence-electron chi connectivity index (χ0n) is 8.06. The van der Waals surface area contributed by atoms with Gasteiger partial charge in [-0.25, -0.2) is 0 Å². The Balaban J connectivity index is 2.56. The fraction of sp³-hybridized carbons (Fsp3) is 0.600. The highest BCUT2D eigenvalue weighted by atomic mass is 16.7. The normalized spacial score (nSPS) is 22.0. The summed E-state index contributed by atoms with van der Waals surface area (Å²) in [6.45, 7) is 1.50. The average Bonchev–Trinajstić information content (AvgIpc) is 2.25. The second-order valence-electron chi connectivity index (χ2n) is 3.49. The van der Waals surface area contributed by atoms with Gasteiger partial charge in [0.2, 0.25) is 0 Å². The lowest BCUT2D eigenvalue weighted by Crippen LogP contribution is -2.36. The summed E-state index contributed by atoms with van der Waals surface area (Å²) in [6, 6.07) is 0. The van der Waals surface area contributed by atoms with Crippen molar-refractivity contribution in [2.75, 3.05) is 20.0 Å². The topological polar surface area (TPSA) is 58.9 Å². The van der Waals surface area contributed by atoms with Crippen LogP contribution in [0.5, 0.6) is 0 Å². The Morgan fingerprint density at radius 1 is 1.00 bits per heavy atom. The molecule has 80 valence electrons. The number of allylic oxidation sites excluding steroid dienone is 2. The summed E-state index contributed by atoms with van der Waals surface area (Å²) in [4.78, 5) is 0. The van der Waals surface area contributed by atoms with Gasteiger partial charge in [0, 0.05) is 5.41 Å². The van der Waals surface area contributed by atoms with E-state index in [2.05, 4.69) is 0 Å². The summed E-state index contributed by atoms with van der Waals surface area (Å²) >= 11 is 0. The van der Waals surface area contributed by atoms with Crippen LogP contribution in [0.4, 0.5) is 0 Å². The minimum Gasteiger partial charge on any atom is -0.516 e. The Bertz CT molecular complexity index is 188. The molecule has 0 aromatic carbocycles. The lowest BCUT2D eigenvalue weighted by Gasteiger charge is -2.34. The first kappa shape index (κ1) is 11.1. The van der Waals surface area contributed by atoms with Crippen LogP contribution < -0.4 is 0 Å². The first-order valence-corrected chi connectivity index (χ1v) is 4.57. The van der Waals surface area contributed by atoms with Crippen LogP contribution in [0, 0.1) is 5.41 Å². The fourth-order valence-electron chi connectivity index (χ4n) is 1.54. The van der Waals surface area contributed by atoms with Crippen molar-refractivity contribution in [1.29, 1.82) is 0 Å². The summed E-state index contributed by atoms with van der Waals surface area (Å²) in [6.07, 6.45) is 6.74. The molecule has 2 N–H and O–H groups in total. The maximum absolute atomic E-state index is 8.61. The molecule has 1 saturated heterocycles. The van der Waals surface area contributed by atoms with E-state index in [4.69, 9.17) is 19.7 Å². The molecule has 0 saturated carbocycles. The molecule has 0 atom stereocenters. The van der Waals surface area contributed by atoms with E-state index in [-0.39, 0.29) is 5.41 Å². The molecule has 1 aliphatic heterocycles. The largest absolute Gasteiger partial charge is 0.516 e. The standard InChI is InChI=1S/C10H16O4/c11-5-1-3-10(4-2-6-12)7-13-9-14-8-10/h1-2,5-6,11-12H,3-4,7-9H2. The third-order valence-electron chi connectivity index (χ3n) is 2.30. The second-order valence-corrected chi connectivity index (χ2v) is 3.49. The summed E-state index contributed by atoms with van der Waals surface area (Å²) in [5.41, 5.74) is -0.156. The van der Waals surface area contributed by atoms with Crippen molar-refractivity contribution < 1.29 is 19.7 Å². The molecule has 0 aliphatic carbocycles. The first-order chi connectivity index (χ1) is 6.83. The Labute approximate surface area is 83.5 Å². The van der Waals surface area contributed by atoms with Gasteiger partial charge in [-0.2, -0.15) is 0 Å². The summed E-state index contributed by atoms with van der Waals surface area (Å²) in [7, 11) is 0. The molecule has 0 spiro atoms. The molecule has 0 radical (unpaired) electrons. The zero-order chi connectivity index (χ0) is 10.3. The van der Waals surface area contributed by atoms with Crippen molar-refractivity contribution in [1.82, 2.24) is 0 Å². The average molecular weight is 200 g/mol. The van der Waals surface area contributed by atoms with Gasteiger partial charge in [-0.3, -0.25) is 0 Å². The summed E-state index contributed by atoms with van der Waals surface area (Å²) < 4.78 is 10.5. The predicted octanol–water partition coefficient (Wildman–Crippen LogP) is 1.90. The molecule has 1 rings (SSSR count). The molecule has 4 heteroatoms. The number of aliphatic hydroxyl groups excluding tert-OH is 2. The highest BCUT2D eigenvalue weighted by molar-refractivity contribution is 4.94. The van der Waals surface area contributed by atoms with Crippen LogP contribution in [0.2, 0.25) is 0 Å². The van der Waals surface area contributed by atoms with Crippen LogP contribution in [-0.2, 0) is 9.47 Å². The van der Waals surface area contributed by atoms with Crippen molar-refractivity contribution in [3.8, 4) is 0 Å². The Morgan fingerprint density at radius 2 is 1.50 bits per heavy atom. The molecule has 1 aliphatic rings. The van der Waals surface area contributed by atoms with Gasteiger partial charge in [0.1, 0.15) is 6.79 Å². The van der Waals surface area contributed by atoms with Crippen LogP contribution >= 0.6 is 0 Å². The van der Waals surface area contributed by atoms with Crippen molar-refractivity contribution in [2.24, 2.45) is 5.41 Å². The van der Waals surface area contributed by atoms with E-state index in [1.807, 2.05) is 0 Å². The first-order valence-electron chi connectivity index (χ1n) is 4.57. The van der Waals surface area contributed by atoms with Gasteiger partial charge in [0.25, 0.3) is 0 Å². The fourth-order valence-corrected chi connectivity index (χ4v) is 1.54. The summed E-state index contributed by atoms with van der Waals surface area (Å²) in [5.74, 6) is 0. The molecule has 0 bridgehead atoms. The van der Waals surface area contributed by atoms with E-state index in [0.717, 1.165) is 12.5 Å². The van der Waals surface area contributed by atoms with Gasteiger partial charge < -0.3 is 19.7 Å². The van der Waals surface area contributed by atoms with Gasteiger partial charge in [0.15, 0.2) is 0 Å². The molecule has 1 fully saturated rings. The SMILES string of the molecule is OC=CCC1(CC=CO)COCOC1. The molecule has 4 nitrogen and oxygen atoms in total. The monoisotopic (exact) mass is 200 g/mol. The predicted molar refractivity (Wildman–Crippen MR) is 52.0 cm³/mol. The lowest BCUT2D eigenvalue weighted by molar-refractivity contribution is -0.162. The number of ether oxygens (including phenoxy) is 2. The summed E-state index contributed by atoms with van der Waals surface area (Å²) in [5, 5.41) is 17.2. The van der Waals surface area contributed by atoms with Gasteiger partial charge in [0.05, 0.1) is 25.7 Å². The van der Waals surface area contributed by atoms with Gasteiger partial charge >= 0.3 is 0 Å². The highest BCUT2D eigenvalue weighted by Gasteiger charge is 2.31. The van der Waals surface area contributed by atoms with E-state index in [1.165, 1.54) is 0 Å². The molecule has 1 heterocycles. The number of hydrogen-bond donors (Lipinski definition) is 2. The van der Waals surface area contributed by atoms with E-state index in [1.54, 1.807) is 12.2 Å². The third-order valence-corrected chi connectivity index (χ3v) is 2.30. The van der Waals surface area contributed by atoms with Crippen LogP contribution in [0.1, 0.15) is 12.8 Å². The Kier molecular flexibility index (Phi) is 4.49. The molecule has 0 unspecified atom stereocenters. The van der Waals surface area contributed by atoms with Crippen LogP contribution in [0.3, 0.4) is 0 Å². The third kappa shape index (κ3) is 3.05. The molecular formula is C10H16O4. The highest BCUT2D eigenvalue weighted by Crippen LogP contribution is 2.31. The van der Waals surface area contributed by atoms with E-state index in [9.17, 15) is 0 Å². The van der Waals surface area contributed by atoms with Gasteiger partial charge in [-0.05, 0) is 25.0 Å². The number of rotatable bonds is 4. The quantitative estimate of drug-likeness (QED) is 0.680. The maximum Gasteiger partial charge on any atom is 0.146 e. The minimum absolute atomic E-state index is 0.156. The molecule has 0 aromatic heterocycles. The maximum atomic E-state index is 8.61. The molecular weight excluding hydrogens is 184 g/mol. The van der Waals surface area contributed by atoms with E-state index >= 15 is 0 Å². The number of hydrogen-bond acceptors (Lipinski definition) is 4.